The quantitative estimate of drug-likeness (QED) is 0.694. The third-order valence-corrected chi connectivity index (χ3v) is 5.28. The minimum Gasteiger partial charge on any atom is -0.507 e. The minimum absolute atomic E-state index is 0.0861. The van der Waals surface area contributed by atoms with Crippen LogP contribution in [0.4, 0.5) is 0 Å². The van der Waals surface area contributed by atoms with Crippen LogP contribution in [-0.4, -0.2) is 37.4 Å². The molecule has 2 aromatic carbocycles. The first-order chi connectivity index (χ1) is 13.1. The molecule has 148 valence electrons. The molecule has 4 N–H and O–H groups in total. The number of sulfonamides is 1. The largest absolute Gasteiger partial charge is 0.507 e. The SMILES string of the molecule is CC(C)(COc1cccc2c1C(N)=NS(=O)(=O)C2)NC(=O)c1ccccc1O. The smallest absolute Gasteiger partial charge is 0.259 e. The maximum absolute atomic E-state index is 12.4. The van der Waals surface area contributed by atoms with Crippen LogP contribution in [0.5, 0.6) is 11.5 Å². The zero-order chi connectivity index (χ0) is 20.5. The highest BCUT2D eigenvalue weighted by molar-refractivity contribution is 7.89. The molecule has 0 bridgehead atoms. The van der Waals surface area contributed by atoms with Crippen LogP contribution in [0.25, 0.3) is 0 Å². The van der Waals surface area contributed by atoms with Gasteiger partial charge in [-0.15, -0.1) is 4.40 Å². The Balaban J connectivity index is 1.76. The van der Waals surface area contributed by atoms with Crippen molar-refractivity contribution in [2.75, 3.05) is 6.61 Å². The van der Waals surface area contributed by atoms with Crippen molar-refractivity contribution in [2.24, 2.45) is 10.1 Å². The zero-order valence-electron chi connectivity index (χ0n) is 15.5. The Morgan fingerprint density at radius 1 is 1.25 bits per heavy atom. The number of amidine groups is 1. The lowest BCUT2D eigenvalue weighted by Gasteiger charge is -2.27. The molecule has 1 amide bonds. The Bertz CT molecular complexity index is 1060. The number of rotatable bonds is 5. The van der Waals surface area contributed by atoms with E-state index in [4.69, 9.17) is 10.5 Å². The summed E-state index contributed by atoms with van der Waals surface area (Å²) in [4.78, 5) is 12.4. The molecule has 0 atom stereocenters. The van der Waals surface area contributed by atoms with Gasteiger partial charge in [0.25, 0.3) is 15.9 Å². The first-order valence-electron chi connectivity index (χ1n) is 8.52. The molecule has 0 aliphatic carbocycles. The number of nitrogens with zero attached hydrogens (tertiary/aromatic N) is 1. The number of nitrogens with two attached hydrogens (primary N) is 1. The summed E-state index contributed by atoms with van der Waals surface area (Å²) >= 11 is 0. The van der Waals surface area contributed by atoms with Crippen LogP contribution in [0, 0.1) is 0 Å². The summed E-state index contributed by atoms with van der Waals surface area (Å²) < 4.78 is 32.9. The number of amides is 1. The fourth-order valence-corrected chi connectivity index (χ4v) is 3.96. The summed E-state index contributed by atoms with van der Waals surface area (Å²) in [7, 11) is -3.63. The Hall–Kier alpha value is -3.07. The van der Waals surface area contributed by atoms with Gasteiger partial charge in [0.2, 0.25) is 0 Å². The van der Waals surface area contributed by atoms with Gasteiger partial charge in [-0.05, 0) is 37.6 Å². The molecule has 0 fully saturated rings. The second kappa shape index (κ2) is 7.16. The Morgan fingerprint density at radius 2 is 1.96 bits per heavy atom. The van der Waals surface area contributed by atoms with Crippen LogP contribution in [0.2, 0.25) is 0 Å². The lowest BCUT2D eigenvalue weighted by atomic mass is 10.0. The Morgan fingerprint density at radius 3 is 2.68 bits per heavy atom. The maximum Gasteiger partial charge on any atom is 0.259 e. The second-order valence-corrected chi connectivity index (χ2v) is 8.77. The molecule has 0 radical (unpaired) electrons. The van der Waals surface area contributed by atoms with Gasteiger partial charge in [0.05, 0.1) is 22.4 Å². The Labute approximate surface area is 163 Å². The third-order valence-electron chi connectivity index (χ3n) is 4.13. The van der Waals surface area contributed by atoms with E-state index in [1.54, 1.807) is 44.2 Å². The van der Waals surface area contributed by atoms with Crippen molar-refractivity contribution < 1.29 is 23.1 Å². The van der Waals surface area contributed by atoms with Gasteiger partial charge in [-0.1, -0.05) is 24.3 Å². The number of ether oxygens (including phenoxy) is 1. The number of phenols is 1. The molecular weight excluding hydrogens is 382 g/mol. The van der Waals surface area contributed by atoms with E-state index in [0.29, 0.717) is 16.9 Å². The van der Waals surface area contributed by atoms with E-state index in [1.807, 2.05) is 0 Å². The number of fused-ring (bicyclic) bond motifs is 1. The number of nitrogens with one attached hydrogen (secondary N) is 1. The molecule has 0 unspecified atom stereocenters. The fraction of sp³-hybridized carbons (Fsp3) is 0.263. The van der Waals surface area contributed by atoms with Crippen molar-refractivity contribution in [1.29, 1.82) is 0 Å². The monoisotopic (exact) mass is 403 g/mol. The average molecular weight is 403 g/mol. The highest BCUT2D eigenvalue weighted by atomic mass is 32.2. The molecule has 1 aliphatic heterocycles. The molecule has 2 aromatic rings. The molecule has 9 heteroatoms. The number of para-hydroxylation sites is 1. The van der Waals surface area contributed by atoms with E-state index < -0.39 is 21.5 Å². The van der Waals surface area contributed by atoms with Gasteiger partial charge in [-0.3, -0.25) is 4.79 Å². The molecule has 1 aliphatic rings. The molecule has 28 heavy (non-hydrogen) atoms. The van der Waals surface area contributed by atoms with Gasteiger partial charge < -0.3 is 20.9 Å². The van der Waals surface area contributed by atoms with Crippen molar-refractivity contribution in [3.63, 3.8) is 0 Å². The fourth-order valence-electron chi connectivity index (χ4n) is 2.87. The average Bonchev–Trinajstić information content (AvgIpc) is 2.58. The summed E-state index contributed by atoms with van der Waals surface area (Å²) in [5.41, 5.74) is 6.17. The summed E-state index contributed by atoms with van der Waals surface area (Å²) in [5, 5.41) is 12.6. The van der Waals surface area contributed by atoms with Crippen LogP contribution in [-0.2, 0) is 15.8 Å². The van der Waals surface area contributed by atoms with Gasteiger partial charge in [0.15, 0.2) is 0 Å². The second-order valence-electron chi connectivity index (χ2n) is 7.14. The summed E-state index contributed by atoms with van der Waals surface area (Å²) in [6.07, 6.45) is 0. The molecule has 0 aromatic heterocycles. The molecule has 0 spiro atoms. The van der Waals surface area contributed by atoms with E-state index in [9.17, 15) is 18.3 Å². The van der Waals surface area contributed by atoms with Crippen molar-refractivity contribution in [2.45, 2.75) is 25.1 Å². The number of hydrogen-bond donors (Lipinski definition) is 3. The summed E-state index contributed by atoms with van der Waals surface area (Å²) in [6.45, 7) is 3.62. The molecular formula is C19H21N3O5S. The van der Waals surface area contributed by atoms with Crippen molar-refractivity contribution in [1.82, 2.24) is 5.32 Å². The summed E-state index contributed by atoms with van der Waals surface area (Å²) in [6, 6.07) is 11.2. The van der Waals surface area contributed by atoms with Crippen molar-refractivity contribution in [3.8, 4) is 11.5 Å². The topological polar surface area (TPSA) is 131 Å². The molecule has 0 saturated heterocycles. The predicted octanol–water partition coefficient (Wildman–Crippen LogP) is 1.53. The third kappa shape index (κ3) is 4.25. The van der Waals surface area contributed by atoms with Crippen LogP contribution in [0.15, 0.2) is 46.9 Å². The maximum atomic E-state index is 12.4. The summed E-state index contributed by atoms with van der Waals surface area (Å²) in [5.74, 6) is -0.521. The van der Waals surface area contributed by atoms with E-state index in [1.165, 1.54) is 12.1 Å². The molecule has 8 nitrogen and oxygen atoms in total. The standard InChI is InChI=1S/C19H21N3O5S/c1-19(2,21-18(24)13-7-3-4-8-14(13)23)11-27-15-9-5-6-12-10-28(25,26)22-17(20)16(12)15/h3-9,23H,10-11H2,1-2H3,(H2,20,22)(H,21,24). The number of benzene rings is 2. The predicted molar refractivity (Wildman–Crippen MR) is 105 cm³/mol. The first-order valence-corrected chi connectivity index (χ1v) is 10.1. The number of hydrogen-bond acceptors (Lipinski definition) is 6. The van der Waals surface area contributed by atoms with E-state index in [0.717, 1.165) is 0 Å². The highest BCUT2D eigenvalue weighted by Crippen LogP contribution is 2.28. The zero-order valence-corrected chi connectivity index (χ0v) is 16.3. The number of aromatic hydroxyl groups is 1. The van der Waals surface area contributed by atoms with E-state index in [2.05, 4.69) is 9.71 Å². The lowest BCUT2D eigenvalue weighted by Crippen LogP contribution is -2.48. The van der Waals surface area contributed by atoms with Crippen molar-refractivity contribution in [3.05, 3.63) is 59.2 Å². The normalized spacial score (nSPS) is 15.3. The van der Waals surface area contributed by atoms with E-state index >= 15 is 0 Å². The van der Waals surface area contributed by atoms with Gasteiger partial charge in [0, 0.05) is 0 Å². The number of carbonyl (C=O) groups is 1. The van der Waals surface area contributed by atoms with Crippen molar-refractivity contribution >= 4 is 21.8 Å². The lowest BCUT2D eigenvalue weighted by molar-refractivity contribution is 0.0878. The molecule has 3 rings (SSSR count). The number of carbonyl (C=O) groups excluding carboxylic acids is 1. The van der Waals surface area contributed by atoms with Gasteiger partial charge in [0.1, 0.15) is 23.9 Å². The van der Waals surface area contributed by atoms with Crippen LogP contribution in [0.3, 0.4) is 0 Å². The Kier molecular flexibility index (Phi) is 5.03. The molecule has 0 saturated carbocycles. The van der Waals surface area contributed by atoms with Gasteiger partial charge in [-0.2, -0.15) is 0 Å². The van der Waals surface area contributed by atoms with Gasteiger partial charge >= 0.3 is 0 Å². The number of phenolic OH excluding ortho intramolecular Hbond substituents is 1. The van der Waals surface area contributed by atoms with Crippen LogP contribution < -0.4 is 15.8 Å². The highest BCUT2D eigenvalue weighted by Gasteiger charge is 2.27. The van der Waals surface area contributed by atoms with E-state index in [-0.39, 0.29) is 29.5 Å². The first kappa shape index (κ1) is 19.7. The van der Waals surface area contributed by atoms with Gasteiger partial charge in [-0.25, -0.2) is 8.42 Å². The minimum atomic E-state index is -3.63. The molecule has 1 heterocycles. The van der Waals surface area contributed by atoms with Crippen LogP contribution in [0.1, 0.15) is 35.3 Å². The van der Waals surface area contributed by atoms with Crippen LogP contribution >= 0.6 is 0 Å².